The van der Waals surface area contributed by atoms with E-state index in [9.17, 15) is 0 Å². The van der Waals surface area contributed by atoms with Crippen LogP contribution in [0.2, 0.25) is 0 Å². The fraction of sp³-hybridized carbons (Fsp3) is 0.250. The first-order chi connectivity index (χ1) is 7.74. The van der Waals surface area contributed by atoms with Crippen molar-refractivity contribution in [3.63, 3.8) is 0 Å². The van der Waals surface area contributed by atoms with E-state index in [2.05, 4.69) is 41.6 Å². The maximum absolute atomic E-state index is 5.41. The van der Waals surface area contributed by atoms with E-state index in [1.807, 2.05) is 6.92 Å². The Hall–Kier alpha value is -1.39. The lowest BCUT2D eigenvalue weighted by atomic mass is 10.1. The minimum atomic E-state index is 0.926. The largest absolute Gasteiger partial charge is 0.314 e. The van der Waals surface area contributed by atoms with E-state index in [0.717, 1.165) is 27.7 Å². The Morgan fingerprint density at radius 1 is 1.31 bits per heavy atom. The molecule has 0 radical (unpaired) electrons. The molecule has 0 amide bonds. The van der Waals surface area contributed by atoms with Gasteiger partial charge in [0.2, 0.25) is 0 Å². The molecule has 3 nitrogen and oxygen atoms in total. The lowest BCUT2D eigenvalue weighted by Gasteiger charge is -1.98. The number of anilines is 1. The summed E-state index contributed by atoms with van der Waals surface area (Å²) in [6, 6.07) is 8.50. The van der Waals surface area contributed by atoms with Gasteiger partial charge >= 0.3 is 0 Å². The van der Waals surface area contributed by atoms with Crippen molar-refractivity contribution in [1.82, 2.24) is 4.98 Å². The first kappa shape index (κ1) is 11.1. The predicted molar refractivity (Wildman–Crippen MR) is 69.5 cm³/mol. The second kappa shape index (κ2) is 4.63. The number of hydrazine groups is 1. The SMILES string of the molecule is CCc1ccc(-c2nc(C)c(NN)s2)cc1. The highest BCUT2D eigenvalue weighted by Gasteiger charge is 2.07. The molecule has 0 aliphatic heterocycles. The fourth-order valence-electron chi connectivity index (χ4n) is 1.54. The van der Waals surface area contributed by atoms with Crippen LogP contribution in [-0.4, -0.2) is 4.98 Å². The molecule has 0 bridgehead atoms. The number of benzene rings is 1. The summed E-state index contributed by atoms with van der Waals surface area (Å²) >= 11 is 1.58. The number of hydrogen-bond acceptors (Lipinski definition) is 4. The Morgan fingerprint density at radius 3 is 2.50 bits per heavy atom. The van der Waals surface area contributed by atoms with Crippen LogP contribution in [-0.2, 0) is 6.42 Å². The van der Waals surface area contributed by atoms with E-state index in [1.165, 1.54) is 5.56 Å². The number of aromatic nitrogens is 1. The van der Waals surface area contributed by atoms with Crippen LogP contribution < -0.4 is 11.3 Å². The van der Waals surface area contributed by atoms with Crippen LogP contribution in [0.4, 0.5) is 5.00 Å². The Labute approximate surface area is 99.3 Å². The zero-order chi connectivity index (χ0) is 11.5. The minimum absolute atomic E-state index is 0.926. The van der Waals surface area contributed by atoms with Crippen molar-refractivity contribution in [2.45, 2.75) is 20.3 Å². The van der Waals surface area contributed by atoms with Crippen molar-refractivity contribution in [3.05, 3.63) is 35.5 Å². The molecule has 0 fully saturated rings. The van der Waals surface area contributed by atoms with Gasteiger partial charge in [0.15, 0.2) is 0 Å². The second-order valence-electron chi connectivity index (χ2n) is 3.63. The monoisotopic (exact) mass is 233 g/mol. The minimum Gasteiger partial charge on any atom is -0.314 e. The van der Waals surface area contributed by atoms with Gasteiger partial charge in [0, 0.05) is 5.56 Å². The van der Waals surface area contributed by atoms with E-state index in [1.54, 1.807) is 11.3 Å². The molecular formula is C12H15N3S. The lowest BCUT2D eigenvalue weighted by molar-refractivity contribution is 1.14. The molecule has 0 aliphatic carbocycles. The predicted octanol–water partition coefficient (Wildman–Crippen LogP) is 2.97. The molecule has 2 rings (SSSR count). The van der Waals surface area contributed by atoms with E-state index in [-0.39, 0.29) is 0 Å². The number of nitrogens with two attached hydrogens (primary N) is 1. The number of thiazole rings is 1. The molecule has 3 N–H and O–H groups in total. The number of aryl methyl sites for hydroxylation is 2. The van der Waals surface area contributed by atoms with Gasteiger partial charge in [-0.25, -0.2) is 10.8 Å². The molecule has 1 aromatic heterocycles. The Morgan fingerprint density at radius 2 is 2.00 bits per heavy atom. The quantitative estimate of drug-likeness (QED) is 0.633. The van der Waals surface area contributed by atoms with Crippen LogP contribution >= 0.6 is 11.3 Å². The standard InChI is InChI=1S/C12H15N3S/c1-3-9-4-6-10(7-5-9)12-14-8(2)11(15-13)16-12/h4-7,15H,3,13H2,1-2H3. The van der Waals surface area contributed by atoms with Gasteiger partial charge in [-0.3, -0.25) is 0 Å². The molecule has 0 aliphatic rings. The summed E-state index contributed by atoms with van der Waals surface area (Å²) in [5, 5.41) is 1.93. The Kier molecular flexibility index (Phi) is 3.22. The van der Waals surface area contributed by atoms with Gasteiger partial charge in [0.05, 0.1) is 5.69 Å². The molecule has 0 saturated carbocycles. The first-order valence-corrected chi connectivity index (χ1v) is 6.09. The Balaban J connectivity index is 2.34. The number of nitrogens with zero attached hydrogens (tertiary/aromatic N) is 1. The molecule has 2 aromatic rings. The first-order valence-electron chi connectivity index (χ1n) is 5.28. The lowest BCUT2D eigenvalue weighted by Crippen LogP contribution is -2.05. The molecular weight excluding hydrogens is 218 g/mol. The van der Waals surface area contributed by atoms with Crippen molar-refractivity contribution < 1.29 is 0 Å². The zero-order valence-electron chi connectivity index (χ0n) is 9.45. The van der Waals surface area contributed by atoms with Gasteiger partial charge in [0.1, 0.15) is 10.0 Å². The van der Waals surface area contributed by atoms with Crippen LogP contribution in [0.5, 0.6) is 0 Å². The van der Waals surface area contributed by atoms with Crippen molar-refractivity contribution >= 4 is 16.3 Å². The summed E-state index contributed by atoms with van der Waals surface area (Å²) in [4.78, 5) is 4.48. The van der Waals surface area contributed by atoms with Gasteiger partial charge in [-0.05, 0) is 18.9 Å². The second-order valence-corrected chi connectivity index (χ2v) is 4.63. The third-order valence-corrected chi connectivity index (χ3v) is 3.67. The number of rotatable bonds is 3. The highest BCUT2D eigenvalue weighted by Crippen LogP contribution is 2.31. The van der Waals surface area contributed by atoms with Crippen LogP contribution in [0.1, 0.15) is 18.2 Å². The molecule has 1 heterocycles. The molecule has 1 aromatic carbocycles. The highest BCUT2D eigenvalue weighted by molar-refractivity contribution is 7.19. The van der Waals surface area contributed by atoms with Crippen molar-refractivity contribution in [2.75, 3.05) is 5.43 Å². The van der Waals surface area contributed by atoms with Gasteiger partial charge in [-0.15, -0.1) is 0 Å². The molecule has 0 spiro atoms. The molecule has 84 valence electrons. The van der Waals surface area contributed by atoms with Crippen LogP contribution in [0.25, 0.3) is 10.6 Å². The third-order valence-electron chi connectivity index (χ3n) is 2.54. The van der Waals surface area contributed by atoms with Crippen molar-refractivity contribution in [3.8, 4) is 10.6 Å². The number of nitrogens with one attached hydrogen (secondary N) is 1. The normalized spacial score (nSPS) is 10.4. The summed E-state index contributed by atoms with van der Waals surface area (Å²) in [6.07, 6.45) is 1.06. The summed E-state index contributed by atoms with van der Waals surface area (Å²) < 4.78 is 0. The summed E-state index contributed by atoms with van der Waals surface area (Å²) in [5.74, 6) is 5.41. The maximum Gasteiger partial charge on any atom is 0.126 e. The maximum atomic E-state index is 5.41. The fourth-order valence-corrected chi connectivity index (χ4v) is 2.42. The van der Waals surface area contributed by atoms with Crippen molar-refractivity contribution in [2.24, 2.45) is 5.84 Å². The molecule has 0 unspecified atom stereocenters. The molecule has 16 heavy (non-hydrogen) atoms. The van der Waals surface area contributed by atoms with Gasteiger partial charge in [0.25, 0.3) is 0 Å². The van der Waals surface area contributed by atoms with Crippen LogP contribution in [0.15, 0.2) is 24.3 Å². The van der Waals surface area contributed by atoms with E-state index in [0.29, 0.717) is 0 Å². The van der Waals surface area contributed by atoms with E-state index in [4.69, 9.17) is 5.84 Å². The summed E-state index contributed by atoms with van der Waals surface area (Å²) in [7, 11) is 0. The summed E-state index contributed by atoms with van der Waals surface area (Å²) in [6.45, 7) is 4.11. The van der Waals surface area contributed by atoms with E-state index < -0.39 is 0 Å². The molecule has 4 heteroatoms. The van der Waals surface area contributed by atoms with Crippen LogP contribution in [0, 0.1) is 6.92 Å². The molecule has 0 atom stereocenters. The van der Waals surface area contributed by atoms with Gasteiger partial charge in [-0.2, -0.15) is 0 Å². The number of nitrogen functional groups attached to an aromatic ring is 1. The number of hydrogen-bond donors (Lipinski definition) is 2. The average Bonchev–Trinajstić information content (AvgIpc) is 2.71. The smallest absolute Gasteiger partial charge is 0.126 e. The molecule has 0 saturated heterocycles. The van der Waals surface area contributed by atoms with Crippen LogP contribution in [0.3, 0.4) is 0 Å². The average molecular weight is 233 g/mol. The topological polar surface area (TPSA) is 50.9 Å². The summed E-state index contributed by atoms with van der Waals surface area (Å²) in [5.41, 5.74) is 6.10. The van der Waals surface area contributed by atoms with Crippen molar-refractivity contribution in [1.29, 1.82) is 0 Å². The van der Waals surface area contributed by atoms with Gasteiger partial charge in [-0.1, -0.05) is 42.5 Å². The Bertz CT molecular complexity index is 474. The highest BCUT2D eigenvalue weighted by atomic mass is 32.1. The van der Waals surface area contributed by atoms with E-state index >= 15 is 0 Å². The zero-order valence-corrected chi connectivity index (χ0v) is 10.3. The van der Waals surface area contributed by atoms with Gasteiger partial charge < -0.3 is 5.43 Å². The third kappa shape index (κ3) is 2.08.